The summed E-state index contributed by atoms with van der Waals surface area (Å²) >= 11 is 6.36. The first-order valence-corrected chi connectivity index (χ1v) is 11.9. The molecule has 3 aromatic rings. The Bertz CT molecular complexity index is 1110. The van der Waals surface area contributed by atoms with E-state index in [0.717, 1.165) is 34.2 Å². The van der Waals surface area contributed by atoms with E-state index in [9.17, 15) is 4.79 Å². The lowest BCUT2D eigenvalue weighted by atomic mass is 10.0. The molecule has 0 aliphatic heterocycles. The highest BCUT2D eigenvalue weighted by molar-refractivity contribution is 6.32. The Morgan fingerprint density at radius 3 is 2.40 bits per heavy atom. The third-order valence-corrected chi connectivity index (χ3v) is 5.29. The van der Waals surface area contributed by atoms with Crippen LogP contribution in [0, 0.1) is 11.8 Å². The third kappa shape index (κ3) is 9.17. The molecular formula is C27H36ClN3O4. The SMILES string of the molecule is C=O.CC1CC1.CC=O.CNC(=O)c1ccc2c(-c3cnc(OCC(C)C)c(Cl)c3)cn(C)c2c1. The number of nitrogens with one attached hydrogen (secondary N) is 1. The van der Waals surface area contributed by atoms with Gasteiger partial charge in [0.15, 0.2) is 0 Å². The normalized spacial score (nSPS) is 11.8. The quantitative estimate of drug-likeness (QED) is 0.451. The van der Waals surface area contributed by atoms with Gasteiger partial charge in [0, 0.05) is 54.1 Å². The maximum absolute atomic E-state index is 11.9. The Balaban J connectivity index is 0.000000583. The lowest BCUT2D eigenvalue weighted by Crippen LogP contribution is -2.17. The number of aryl methyl sites for hydroxylation is 1. The lowest BCUT2D eigenvalue weighted by molar-refractivity contribution is -0.106. The fourth-order valence-corrected chi connectivity index (χ4v) is 3.21. The number of ether oxygens (including phenoxy) is 1. The zero-order chi connectivity index (χ0) is 26.5. The van der Waals surface area contributed by atoms with Crippen molar-refractivity contribution in [2.24, 2.45) is 18.9 Å². The average molecular weight is 502 g/mol. The number of pyridine rings is 1. The molecule has 1 N–H and O–H groups in total. The molecule has 1 saturated carbocycles. The van der Waals surface area contributed by atoms with Crippen LogP contribution in [0.4, 0.5) is 0 Å². The molecule has 0 radical (unpaired) electrons. The van der Waals surface area contributed by atoms with Crippen molar-refractivity contribution < 1.29 is 19.1 Å². The van der Waals surface area contributed by atoms with Gasteiger partial charge in [-0.25, -0.2) is 4.98 Å². The average Bonchev–Trinajstić information content (AvgIpc) is 3.57. The van der Waals surface area contributed by atoms with Crippen molar-refractivity contribution in [3.05, 3.63) is 47.2 Å². The van der Waals surface area contributed by atoms with Gasteiger partial charge in [0.05, 0.1) is 6.61 Å². The predicted octanol–water partition coefficient (Wildman–Crippen LogP) is 5.72. The molecule has 0 saturated heterocycles. The van der Waals surface area contributed by atoms with Gasteiger partial charge in [-0.15, -0.1) is 0 Å². The van der Waals surface area contributed by atoms with Gasteiger partial charge in [-0.1, -0.05) is 51.3 Å². The zero-order valence-corrected chi connectivity index (χ0v) is 22.2. The molecule has 1 aliphatic rings. The highest BCUT2D eigenvalue weighted by atomic mass is 35.5. The molecule has 1 amide bonds. The van der Waals surface area contributed by atoms with Crippen LogP contribution in [0.3, 0.4) is 0 Å². The van der Waals surface area contributed by atoms with E-state index in [1.165, 1.54) is 19.8 Å². The Morgan fingerprint density at radius 2 is 1.91 bits per heavy atom. The van der Waals surface area contributed by atoms with Crippen molar-refractivity contribution in [1.82, 2.24) is 14.9 Å². The number of fused-ring (bicyclic) bond motifs is 1. The molecule has 1 aliphatic carbocycles. The first kappa shape index (κ1) is 29.8. The highest BCUT2D eigenvalue weighted by Crippen LogP contribution is 2.34. The summed E-state index contributed by atoms with van der Waals surface area (Å²) in [5.41, 5.74) is 3.51. The maximum Gasteiger partial charge on any atom is 0.251 e. The summed E-state index contributed by atoms with van der Waals surface area (Å²) in [6.07, 6.45) is 7.50. The number of nitrogens with zero attached hydrogens (tertiary/aromatic N) is 2. The second-order valence-corrected chi connectivity index (χ2v) is 9.01. The fourth-order valence-electron chi connectivity index (χ4n) is 2.99. The van der Waals surface area contributed by atoms with Crippen LogP contribution >= 0.6 is 11.6 Å². The van der Waals surface area contributed by atoms with E-state index in [0.29, 0.717) is 29.0 Å². The standard InChI is InChI=1S/C20H22ClN3O2.C4H8.C2H4O.CH2O/c1-12(2)11-26-20-17(21)7-14(9-23-20)16-10-24(4)18-8-13(19(25)22-3)5-6-15(16)18;1-4-2-3-4;1-2-3;1-2/h5-10,12H,11H2,1-4H3,(H,22,25);4H,2-3H2,1H3;2H,1H3;1H2. The van der Waals surface area contributed by atoms with Gasteiger partial charge in [0.25, 0.3) is 5.91 Å². The van der Waals surface area contributed by atoms with Crippen molar-refractivity contribution in [2.45, 2.75) is 40.5 Å². The zero-order valence-electron chi connectivity index (χ0n) is 21.4. The topological polar surface area (TPSA) is 90.3 Å². The second-order valence-electron chi connectivity index (χ2n) is 8.60. The number of hydrogen-bond donors (Lipinski definition) is 1. The van der Waals surface area contributed by atoms with Crippen LogP contribution in [0.15, 0.2) is 36.7 Å². The molecule has 0 spiro atoms. The van der Waals surface area contributed by atoms with Gasteiger partial charge in [-0.3, -0.25) is 4.79 Å². The summed E-state index contributed by atoms with van der Waals surface area (Å²) in [5, 5.41) is 4.17. The number of aldehydes is 1. The van der Waals surface area contributed by atoms with E-state index in [4.69, 9.17) is 25.9 Å². The van der Waals surface area contributed by atoms with Crippen LogP contribution in [-0.2, 0) is 16.6 Å². The molecule has 7 nitrogen and oxygen atoms in total. The first-order chi connectivity index (χ1) is 16.7. The fraction of sp³-hybridized carbons (Fsp3) is 0.407. The molecule has 2 aromatic heterocycles. The van der Waals surface area contributed by atoms with Gasteiger partial charge >= 0.3 is 0 Å². The van der Waals surface area contributed by atoms with Gasteiger partial charge in [-0.05, 0) is 37.0 Å². The maximum atomic E-state index is 11.9. The number of aromatic nitrogens is 2. The molecule has 35 heavy (non-hydrogen) atoms. The molecule has 0 bridgehead atoms. The van der Waals surface area contributed by atoms with E-state index < -0.39 is 0 Å². The van der Waals surface area contributed by atoms with E-state index in [1.54, 1.807) is 13.2 Å². The number of rotatable bonds is 5. The number of benzene rings is 1. The molecule has 0 atom stereocenters. The van der Waals surface area contributed by atoms with E-state index in [-0.39, 0.29) is 5.91 Å². The molecular weight excluding hydrogens is 466 g/mol. The Hall–Kier alpha value is -3.19. The Morgan fingerprint density at radius 1 is 1.31 bits per heavy atom. The molecule has 0 unspecified atom stereocenters. The van der Waals surface area contributed by atoms with Crippen LogP contribution in [0.1, 0.15) is 50.9 Å². The molecule has 4 rings (SSSR count). The van der Waals surface area contributed by atoms with Crippen molar-refractivity contribution in [1.29, 1.82) is 0 Å². The minimum atomic E-state index is -0.106. The predicted molar refractivity (Wildman–Crippen MR) is 142 cm³/mol. The third-order valence-electron chi connectivity index (χ3n) is 5.02. The van der Waals surface area contributed by atoms with Gasteiger partial charge in [0.2, 0.25) is 5.88 Å². The molecule has 190 valence electrons. The van der Waals surface area contributed by atoms with Crippen LogP contribution in [0.25, 0.3) is 22.0 Å². The van der Waals surface area contributed by atoms with Gasteiger partial charge < -0.3 is 24.2 Å². The second kappa shape index (κ2) is 14.9. The van der Waals surface area contributed by atoms with E-state index >= 15 is 0 Å². The van der Waals surface area contributed by atoms with Crippen LogP contribution in [0.5, 0.6) is 5.88 Å². The Kier molecular flexibility index (Phi) is 12.7. The van der Waals surface area contributed by atoms with Crippen molar-refractivity contribution in [2.75, 3.05) is 13.7 Å². The minimum Gasteiger partial charge on any atom is -0.476 e. The van der Waals surface area contributed by atoms with E-state index in [2.05, 4.69) is 31.1 Å². The van der Waals surface area contributed by atoms with Crippen molar-refractivity contribution in [3.63, 3.8) is 0 Å². The van der Waals surface area contributed by atoms with Gasteiger partial charge in [-0.2, -0.15) is 0 Å². The lowest BCUT2D eigenvalue weighted by Gasteiger charge is -2.10. The minimum absolute atomic E-state index is 0.106. The summed E-state index contributed by atoms with van der Waals surface area (Å²) in [6, 6.07) is 7.52. The monoisotopic (exact) mass is 501 g/mol. The van der Waals surface area contributed by atoms with Crippen molar-refractivity contribution >= 4 is 41.5 Å². The summed E-state index contributed by atoms with van der Waals surface area (Å²) in [5.74, 6) is 1.83. The summed E-state index contributed by atoms with van der Waals surface area (Å²) in [7, 11) is 3.58. The first-order valence-electron chi connectivity index (χ1n) is 11.5. The number of carbonyl (C=O) groups is 3. The number of halogens is 1. The van der Waals surface area contributed by atoms with Crippen LogP contribution in [0.2, 0.25) is 5.02 Å². The molecule has 8 heteroatoms. The smallest absolute Gasteiger partial charge is 0.251 e. The molecule has 1 fully saturated rings. The number of hydrogen-bond acceptors (Lipinski definition) is 5. The summed E-state index contributed by atoms with van der Waals surface area (Å²) in [6.45, 7) is 10.4. The highest BCUT2D eigenvalue weighted by Gasteiger charge is 2.14. The van der Waals surface area contributed by atoms with Crippen molar-refractivity contribution in [3.8, 4) is 17.0 Å². The summed E-state index contributed by atoms with van der Waals surface area (Å²) < 4.78 is 7.64. The Labute approximate surface area is 212 Å². The number of carbonyl (C=O) groups excluding carboxylic acids is 3. The van der Waals surface area contributed by atoms with Gasteiger partial charge in [0.1, 0.15) is 18.1 Å². The molecule has 2 heterocycles. The largest absolute Gasteiger partial charge is 0.476 e. The van der Waals surface area contributed by atoms with E-state index in [1.807, 2.05) is 48.9 Å². The number of amides is 1. The molecule has 1 aromatic carbocycles. The van der Waals surface area contributed by atoms with Crippen LogP contribution < -0.4 is 10.1 Å². The van der Waals surface area contributed by atoms with Crippen LogP contribution in [-0.4, -0.2) is 42.2 Å². The summed E-state index contributed by atoms with van der Waals surface area (Å²) in [4.78, 5) is 33.1.